The van der Waals surface area contributed by atoms with E-state index in [4.69, 9.17) is 5.73 Å². The van der Waals surface area contributed by atoms with Gasteiger partial charge in [-0.1, -0.05) is 0 Å². The second-order valence-corrected chi connectivity index (χ2v) is 3.55. The summed E-state index contributed by atoms with van der Waals surface area (Å²) in [5, 5.41) is 0. The molecule has 0 radical (unpaired) electrons. The molecular weight excluding hydrogens is 155 g/mol. The topological polar surface area (TPSA) is 38.9 Å². The summed E-state index contributed by atoms with van der Waals surface area (Å²) < 4.78 is 12.7. The van der Waals surface area contributed by atoms with Gasteiger partial charge in [-0.15, -0.1) is 0 Å². The molecule has 0 amide bonds. The first-order valence-electron chi connectivity index (χ1n) is 4.06. The number of pyridine rings is 1. The number of hydrogen-bond donors (Lipinski definition) is 1. The van der Waals surface area contributed by atoms with E-state index < -0.39 is 0 Å². The molecule has 1 aromatic rings. The van der Waals surface area contributed by atoms with Crippen LogP contribution in [0.1, 0.15) is 18.4 Å². The highest BCUT2D eigenvalue weighted by molar-refractivity contribution is 5.17. The minimum absolute atomic E-state index is 0.0600. The van der Waals surface area contributed by atoms with E-state index in [0.717, 1.165) is 24.8 Å². The van der Waals surface area contributed by atoms with Gasteiger partial charge in [0.2, 0.25) is 0 Å². The highest BCUT2D eigenvalue weighted by Gasteiger charge is 2.37. The predicted molar refractivity (Wildman–Crippen MR) is 44.1 cm³/mol. The SMILES string of the molecule is NC1(Cc2cncc(F)c2)CC1. The lowest BCUT2D eigenvalue weighted by Gasteiger charge is -2.06. The van der Waals surface area contributed by atoms with Crippen molar-refractivity contribution in [2.75, 3.05) is 0 Å². The van der Waals surface area contributed by atoms with E-state index in [-0.39, 0.29) is 11.4 Å². The molecule has 12 heavy (non-hydrogen) atoms. The Morgan fingerprint density at radius 2 is 2.25 bits per heavy atom. The van der Waals surface area contributed by atoms with Gasteiger partial charge < -0.3 is 5.73 Å². The standard InChI is InChI=1S/C9H11FN2/c10-8-3-7(5-12-6-8)4-9(11)1-2-9/h3,5-6H,1-2,4,11H2. The minimum Gasteiger partial charge on any atom is -0.325 e. The van der Waals surface area contributed by atoms with Crippen LogP contribution in [0.5, 0.6) is 0 Å². The van der Waals surface area contributed by atoms with Gasteiger partial charge in [0, 0.05) is 11.7 Å². The summed E-state index contributed by atoms with van der Waals surface area (Å²) in [6.07, 6.45) is 5.72. The molecule has 0 atom stereocenters. The summed E-state index contributed by atoms with van der Waals surface area (Å²) in [5.41, 5.74) is 6.72. The van der Waals surface area contributed by atoms with Crippen LogP contribution in [0.2, 0.25) is 0 Å². The molecule has 1 saturated carbocycles. The van der Waals surface area contributed by atoms with E-state index in [1.54, 1.807) is 6.20 Å². The van der Waals surface area contributed by atoms with Gasteiger partial charge >= 0.3 is 0 Å². The van der Waals surface area contributed by atoms with Crippen LogP contribution in [0.4, 0.5) is 4.39 Å². The highest BCUT2D eigenvalue weighted by Crippen LogP contribution is 2.35. The van der Waals surface area contributed by atoms with Crippen LogP contribution >= 0.6 is 0 Å². The maximum Gasteiger partial charge on any atom is 0.141 e. The monoisotopic (exact) mass is 166 g/mol. The molecule has 2 nitrogen and oxygen atoms in total. The van der Waals surface area contributed by atoms with Crippen molar-refractivity contribution >= 4 is 0 Å². The second kappa shape index (κ2) is 2.52. The Morgan fingerprint density at radius 1 is 1.50 bits per heavy atom. The average Bonchev–Trinajstić information content (AvgIpc) is 2.67. The zero-order valence-electron chi connectivity index (χ0n) is 6.76. The smallest absolute Gasteiger partial charge is 0.141 e. The van der Waals surface area contributed by atoms with Crippen LogP contribution in [0, 0.1) is 5.82 Å². The van der Waals surface area contributed by atoms with E-state index in [2.05, 4.69) is 4.98 Å². The molecule has 0 aliphatic heterocycles. The third-order valence-electron chi connectivity index (χ3n) is 2.21. The predicted octanol–water partition coefficient (Wildman–Crippen LogP) is 1.25. The van der Waals surface area contributed by atoms with Crippen molar-refractivity contribution in [2.45, 2.75) is 24.8 Å². The molecule has 0 unspecified atom stereocenters. The van der Waals surface area contributed by atoms with Crippen LogP contribution < -0.4 is 5.73 Å². The molecule has 1 aliphatic rings. The van der Waals surface area contributed by atoms with Gasteiger partial charge in [0.1, 0.15) is 5.82 Å². The lowest BCUT2D eigenvalue weighted by molar-refractivity contribution is 0.610. The Balaban J connectivity index is 2.12. The molecule has 2 N–H and O–H groups in total. The molecule has 0 spiro atoms. The summed E-state index contributed by atoms with van der Waals surface area (Å²) in [7, 11) is 0. The molecule has 0 aromatic carbocycles. The summed E-state index contributed by atoms with van der Waals surface area (Å²) in [6, 6.07) is 1.50. The molecule has 3 heteroatoms. The van der Waals surface area contributed by atoms with Crippen LogP contribution in [0.25, 0.3) is 0 Å². The quantitative estimate of drug-likeness (QED) is 0.718. The molecule has 1 heterocycles. The maximum absolute atomic E-state index is 12.7. The van der Waals surface area contributed by atoms with Crippen molar-refractivity contribution < 1.29 is 4.39 Å². The van der Waals surface area contributed by atoms with Gasteiger partial charge in [0.05, 0.1) is 6.20 Å². The fourth-order valence-electron chi connectivity index (χ4n) is 1.30. The molecule has 2 rings (SSSR count). The van der Waals surface area contributed by atoms with Crippen LogP contribution in [-0.4, -0.2) is 10.5 Å². The Kier molecular flexibility index (Phi) is 1.61. The first-order valence-corrected chi connectivity index (χ1v) is 4.06. The van der Waals surface area contributed by atoms with Gasteiger partial charge in [-0.3, -0.25) is 4.98 Å². The van der Waals surface area contributed by atoms with Crippen LogP contribution in [0.15, 0.2) is 18.5 Å². The maximum atomic E-state index is 12.7. The Labute approximate surface area is 70.6 Å². The summed E-state index contributed by atoms with van der Waals surface area (Å²) in [5.74, 6) is -0.281. The second-order valence-electron chi connectivity index (χ2n) is 3.55. The van der Waals surface area contributed by atoms with E-state index >= 15 is 0 Å². The summed E-state index contributed by atoms with van der Waals surface area (Å²) >= 11 is 0. The number of nitrogens with two attached hydrogens (primary N) is 1. The molecule has 1 fully saturated rings. The van der Waals surface area contributed by atoms with Crippen molar-refractivity contribution in [2.24, 2.45) is 5.73 Å². The Hall–Kier alpha value is -0.960. The molecule has 64 valence electrons. The number of rotatable bonds is 2. The zero-order chi connectivity index (χ0) is 8.60. The first kappa shape index (κ1) is 7.68. The zero-order valence-corrected chi connectivity index (χ0v) is 6.76. The Bertz CT molecular complexity index is 294. The lowest BCUT2D eigenvalue weighted by atomic mass is 10.1. The van der Waals surface area contributed by atoms with Crippen molar-refractivity contribution in [1.29, 1.82) is 0 Å². The lowest BCUT2D eigenvalue weighted by Crippen LogP contribution is -2.24. The number of aromatic nitrogens is 1. The van der Waals surface area contributed by atoms with E-state index in [0.29, 0.717) is 0 Å². The van der Waals surface area contributed by atoms with Crippen LogP contribution in [-0.2, 0) is 6.42 Å². The molecule has 0 bridgehead atoms. The number of hydrogen-bond acceptors (Lipinski definition) is 2. The van der Waals surface area contributed by atoms with Crippen molar-refractivity contribution in [3.8, 4) is 0 Å². The third kappa shape index (κ3) is 1.61. The van der Waals surface area contributed by atoms with Crippen LogP contribution in [0.3, 0.4) is 0 Å². The minimum atomic E-state index is -0.281. The summed E-state index contributed by atoms with van der Waals surface area (Å²) in [6.45, 7) is 0. The molecule has 1 aromatic heterocycles. The fourth-order valence-corrected chi connectivity index (χ4v) is 1.30. The average molecular weight is 166 g/mol. The molecule has 0 saturated heterocycles. The van der Waals surface area contributed by atoms with Crippen molar-refractivity contribution in [1.82, 2.24) is 4.98 Å². The highest BCUT2D eigenvalue weighted by atomic mass is 19.1. The molecule has 1 aliphatic carbocycles. The van der Waals surface area contributed by atoms with E-state index in [1.165, 1.54) is 12.3 Å². The Morgan fingerprint density at radius 3 is 2.83 bits per heavy atom. The van der Waals surface area contributed by atoms with Gasteiger partial charge in [0.15, 0.2) is 0 Å². The van der Waals surface area contributed by atoms with E-state index in [9.17, 15) is 4.39 Å². The third-order valence-corrected chi connectivity index (χ3v) is 2.21. The van der Waals surface area contributed by atoms with Gasteiger partial charge in [-0.25, -0.2) is 4.39 Å². The van der Waals surface area contributed by atoms with Crippen molar-refractivity contribution in [3.05, 3.63) is 29.8 Å². The number of nitrogens with zero attached hydrogens (tertiary/aromatic N) is 1. The number of halogens is 1. The summed E-state index contributed by atoms with van der Waals surface area (Å²) in [4.78, 5) is 3.77. The largest absolute Gasteiger partial charge is 0.325 e. The first-order chi connectivity index (χ1) is 5.68. The van der Waals surface area contributed by atoms with Crippen molar-refractivity contribution in [3.63, 3.8) is 0 Å². The fraction of sp³-hybridized carbons (Fsp3) is 0.444. The van der Waals surface area contributed by atoms with E-state index in [1.807, 2.05) is 0 Å². The molecular formula is C9H11FN2. The van der Waals surface area contributed by atoms with Gasteiger partial charge in [-0.05, 0) is 30.9 Å². The van der Waals surface area contributed by atoms with Gasteiger partial charge in [-0.2, -0.15) is 0 Å². The normalized spacial score (nSPS) is 19.2. The van der Waals surface area contributed by atoms with Gasteiger partial charge in [0.25, 0.3) is 0 Å².